The van der Waals surface area contributed by atoms with Crippen LogP contribution in [-0.4, -0.2) is 31.6 Å². The lowest BCUT2D eigenvalue weighted by Gasteiger charge is -2.20. The maximum atomic E-state index is 12.5. The first-order valence-corrected chi connectivity index (χ1v) is 8.56. The Kier molecular flexibility index (Phi) is 6.47. The average Bonchev–Trinajstić information content (AvgIpc) is 3.10. The predicted molar refractivity (Wildman–Crippen MR) is 93.3 cm³/mol. The molecule has 1 amide bonds. The molecule has 2 aromatic rings. The first-order valence-electron chi connectivity index (χ1n) is 7.68. The summed E-state index contributed by atoms with van der Waals surface area (Å²) >= 11 is 1.68. The van der Waals surface area contributed by atoms with E-state index >= 15 is 0 Å². The lowest BCUT2D eigenvalue weighted by molar-refractivity contribution is -0.131. The largest absolute Gasteiger partial charge is 0.497 e. The summed E-state index contributed by atoms with van der Waals surface area (Å²) in [6.45, 7) is 3.42. The van der Waals surface area contributed by atoms with Crippen molar-refractivity contribution in [3.05, 3.63) is 46.2 Å². The Labute approximate surface area is 141 Å². The second kappa shape index (κ2) is 8.58. The summed E-state index contributed by atoms with van der Waals surface area (Å²) in [4.78, 5) is 15.6. The van der Waals surface area contributed by atoms with Gasteiger partial charge >= 0.3 is 0 Å². The van der Waals surface area contributed by atoms with Crippen LogP contribution in [0.5, 0.6) is 11.5 Å². The fourth-order valence-electron chi connectivity index (χ4n) is 2.39. The number of hydrogen-bond donors (Lipinski definition) is 0. The Hall–Kier alpha value is -2.01. The molecule has 0 saturated carbocycles. The maximum absolute atomic E-state index is 12.5. The standard InChI is InChI=1S/C18H23NO3S/c1-4-19(13-17-6-5-9-23-17)18(20)8-7-14-10-15(21-2)12-16(11-14)22-3/h5-6,9-12H,4,7-8,13H2,1-3H3. The fourth-order valence-corrected chi connectivity index (χ4v) is 3.11. The summed E-state index contributed by atoms with van der Waals surface area (Å²) in [6.07, 6.45) is 1.16. The van der Waals surface area contributed by atoms with Gasteiger partial charge < -0.3 is 14.4 Å². The normalized spacial score (nSPS) is 10.4. The van der Waals surface area contributed by atoms with Crippen LogP contribution in [0.4, 0.5) is 0 Å². The number of carbonyl (C=O) groups is 1. The average molecular weight is 333 g/mol. The molecule has 0 fully saturated rings. The summed E-state index contributed by atoms with van der Waals surface area (Å²) in [7, 11) is 3.26. The minimum absolute atomic E-state index is 0.169. The fraction of sp³-hybridized carbons (Fsp3) is 0.389. The van der Waals surface area contributed by atoms with Gasteiger partial charge in [0, 0.05) is 23.9 Å². The van der Waals surface area contributed by atoms with Crippen LogP contribution in [0.15, 0.2) is 35.7 Å². The van der Waals surface area contributed by atoms with Gasteiger partial charge in [-0.15, -0.1) is 11.3 Å². The lowest BCUT2D eigenvalue weighted by atomic mass is 10.1. The number of ether oxygens (including phenoxy) is 2. The van der Waals surface area contributed by atoms with E-state index in [4.69, 9.17) is 9.47 Å². The molecule has 4 nitrogen and oxygen atoms in total. The molecule has 1 heterocycles. The minimum atomic E-state index is 0.169. The van der Waals surface area contributed by atoms with Crippen molar-refractivity contribution in [2.45, 2.75) is 26.3 Å². The summed E-state index contributed by atoms with van der Waals surface area (Å²) in [5, 5.41) is 2.04. The highest BCUT2D eigenvalue weighted by molar-refractivity contribution is 7.09. The first-order chi connectivity index (χ1) is 11.2. The predicted octanol–water partition coefficient (Wildman–Crippen LogP) is 3.75. The van der Waals surface area contributed by atoms with E-state index < -0.39 is 0 Å². The number of carbonyl (C=O) groups excluding carboxylic acids is 1. The molecule has 0 unspecified atom stereocenters. The monoisotopic (exact) mass is 333 g/mol. The summed E-state index contributed by atoms with van der Waals surface area (Å²) in [5.74, 6) is 1.66. The molecule has 1 aromatic heterocycles. The van der Waals surface area contributed by atoms with Crippen molar-refractivity contribution in [3.63, 3.8) is 0 Å². The number of thiophene rings is 1. The van der Waals surface area contributed by atoms with E-state index in [0.29, 0.717) is 19.4 Å². The van der Waals surface area contributed by atoms with Crippen LogP contribution in [-0.2, 0) is 17.8 Å². The zero-order valence-corrected chi connectivity index (χ0v) is 14.7. The molecular formula is C18H23NO3S. The highest BCUT2D eigenvalue weighted by Gasteiger charge is 2.13. The van der Waals surface area contributed by atoms with Crippen LogP contribution in [0, 0.1) is 0 Å². The zero-order chi connectivity index (χ0) is 16.7. The van der Waals surface area contributed by atoms with E-state index in [1.54, 1.807) is 25.6 Å². The molecule has 0 bridgehead atoms. The summed E-state index contributed by atoms with van der Waals surface area (Å²) in [6, 6.07) is 9.81. The second-order valence-electron chi connectivity index (χ2n) is 5.21. The van der Waals surface area contributed by atoms with Crippen molar-refractivity contribution < 1.29 is 14.3 Å². The van der Waals surface area contributed by atoms with Gasteiger partial charge in [0.15, 0.2) is 0 Å². The highest BCUT2D eigenvalue weighted by Crippen LogP contribution is 2.23. The van der Waals surface area contributed by atoms with Gasteiger partial charge in [-0.2, -0.15) is 0 Å². The van der Waals surface area contributed by atoms with Crippen LogP contribution in [0.1, 0.15) is 23.8 Å². The topological polar surface area (TPSA) is 38.8 Å². The number of nitrogens with zero attached hydrogens (tertiary/aromatic N) is 1. The van der Waals surface area contributed by atoms with Gasteiger partial charge in [0.2, 0.25) is 5.91 Å². The Morgan fingerprint density at radius 3 is 2.39 bits per heavy atom. The van der Waals surface area contributed by atoms with E-state index in [-0.39, 0.29) is 5.91 Å². The molecule has 1 aromatic carbocycles. The molecule has 2 rings (SSSR count). The van der Waals surface area contributed by atoms with Crippen LogP contribution in [0.3, 0.4) is 0 Å². The van der Waals surface area contributed by atoms with E-state index in [0.717, 1.165) is 23.6 Å². The Bertz CT molecular complexity index is 603. The van der Waals surface area contributed by atoms with Gasteiger partial charge in [-0.25, -0.2) is 0 Å². The van der Waals surface area contributed by atoms with Crippen molar-refractivity contribution in [3.8, 4) is 11.5 Å². The second-order valence-corrected chi connectivity index (χ2v) is 6.24. The molecule has 0 aliphatic rings. The van der Waals surface area contributed by atoms with Crippen LogP contribution in [0.2, 0.25) is 0 Å². The maximum Gasteiger partial charge on any atom is 0.223 e. The van der Waals surface area contributed by atoms with E-state index in [1.807, 2.05) is 41.5 Å². The Morgan fingerprint density at radius 1 is 1.17 bits per heavy atom. The minimum Gasteiger partial charge on any atom is -0.497 e. The molecule has 0 radical (unpaired) electrons. The van der Waals surface area contributed by atoms with Crippen molar-refractivity contribution in [2.75, 3.05) is 20.8 Å². The third-order valence-corrected chi connectivity index (χ3v) is 4.56. The van der Waals surface area contributed by atoms with Gasteiger partial charge in [0.05, 0.1) is 20.8 Å². The molecule has 124 valence electrons. The van der Waals surface area contributed by atoms with E-state index in [9.17, 15) is 4.79 Å². The smallest absolute Gasteiger partial charge is 0.223 e. The van der Waals surface area contributed by atoms with Gasteiger partial charge in [-0.05, 0) is 42.5 Å². The number of hydrogen-bond acceptors (Lipinski definition) is 4. The van der Waals surface area contributed by atoms with E-state index in [2.05, 4.69) is 6.07 Å². The lowest BCUT2D eigenvalue weighted by Crippen LogP contribution is -2.30. The molecule has 0 spiro atoms. The Balaban J connectivity index is 1.97. The van der Waals surface area contributed by atoms with Crippen molar-refractivity contribution >= 4 is 17.2 Å². The molecule has 0 saturated heterocycles. The van der Waals surface area contributed by atoms with Crippen LogP contribution < -0.4 is 9.47 Å². The quantitative estimate of drug-likeness (QED) is 0.738. The van der Waals surface area contributed by atoms with Crippen LogP contribution >= 0.6 is 11.3 Å². The SMILES string of the molecule is CCN(Cc1cccs1)C(=O)CCc1cc(OC)cc(OC)c1. The number of methoxy groups -OCH3 is 2. The third kappa shape index (κ3) is 4.99. The van der Waals surface area contributed by atoms with Crippen LogP contribution in [0.25, 0.3) is 0 Å². The van der Waals surface area contributed by atoms with Gasteiger partial charge in [0.1, 0.15) is 11.5 Å². The van der Waals surface area contributed by atoms with Crippen molar-refractivity contribution in [1.82, 2.24) is 4.90 Å². The number of rotatable bonds is 8. The number of benzene rings is 1. The van der Waals surface area contributed by atoms with Gasteiger partial charge in [0.25, 0.3) is 0 Å². The van der Waals surface area contributed by atoms with Gasteiger partial charge in [-0.1, -0.05) is 6.07 Å². The molecule has 0 aliphatic heterocycles. The molecule has 0 aliphatic carbocycles. The van der Waals surface area contributed by atoms with Gasteiger partial charge in [-0.3, -0.25) is 4.79 Å². The summed E-state index contributed by atoms with van der Waals surface area (Å²) in [5.41, 5.74) is 1.04. The molecule has 0 N–H and O–H groups in total. The molecular weight excluding hydrogens is 310 g/mol. The zero-order valence-electron chi connectivity index (χ0n) is 13.9. The van der Waals surface area contributed by atoms with Crippen molar-refractivity contribution in [2.24, 2.45) is 0 Å². The van der Waals surface area contributed by atoms with E-state index in [1.165, 1.54) is 4.88 Å². The number of aryl methyl sites for hydroxylation is 1. The Morgan fingerprint density at radius 2 is 1.87 bits per heavy atom. The number of amides is 1. The highest BCUT2D eigenvalue weighted by atomic mass is 32.1. The molecule has 23 heavy (non-hydrogen) atoms. The molecule has 0 atom stereocenters. The van der Waals surface area contributed by atoms with Crippen molar-refractivity contribution in [1.29, 1.82) is 0 Å². The third-order valence-electron chi connectivity index (χ3n) is 3.70. The molecule has 5 heteroatoms. The summed E-state index contributed by atoms with van der Waals surface area (Å²) < 4.78 is 10.5. The first kappa shape index (κ1) is 17.3.